The molecule has 1 aromatic heterocycles. The van der Waals surface area contributed by atoms with Crippen LogP contribution < -0.4 is 10.6 Å². The Bertz CT molecular complexity index is 1360. The number of nitrogens with zero attached hydrogens (tertiary/aromatic N) is 2. The summed E-state index contributed by atoms with van der Waals surface area (Å²) in [5, 5.41) is 16.6. The van der Waals surface area contributed by atoms with Crippen molar-refractivity contribution in [2.24, 2.45) is 0 Å². The van der Waals surface area contributed by atoms with Crippen molar-refractivity contribution in [2.45, 2.75) is 0 Å². The van der Waals surface area contributed by atoms with E-state index >= 15 is 0 Å². The molecule has 0 radical (unpaired) electrons. The maximum absolute atomic E-state index is 14.3. The van der Waals surface area contributed by atoms with Crippen LogP contribution in [0.15, 0.2) is 82.3 Å². The van der Waals surface area contributed by atoms with Gasteiger partial charge in [0.2, 0.25) is 5.91 Å². The van der Waals surface area contributed by atoms with Crippen LogP contribution in [0.3, 0.4) is 0 Å². The second kappa shape index (κ2) is 10.6. The van der Waals surface area contributed by atoms with Crippen molar-refractivity contribution >= 4 is 72.1 Å². The summed E-state index contributed by atoms with van der Waals surface area (Å²) in [6.45, 7) is 0. The van der Waals surface area contributed by atoms with E-state index in [0.29, 0.717) is 15.7 Å². The molecule has 0 spiro atoms. The molecule has 5 nitrogen and oxygen atoms in total. The maximum atomic E-state index is 14.3. The lowest BCUT2D eigenvalue weighted by atomic mass is 10.3. The number of halogens is 2. The van der Waals surface area contributed by atoms with Crippen LogP contribution in [0, 0.1) is 17.1 Å². The zero-order chi connectivity index (χ0) is 23.2. The Balaban J connectivity index is 1.65. The number of fused-ring (bicyclic) bond motifs is 1. The topological polar surface area (TPSA) is 77.8 Å². The largest absolute Gasteiger partial charge is 0.347 e. The molecular weight excluding hydrogens is 523 g/mol. The van der Waals surface area contributed by atoms with E-state index in [1.807, 2.05) is 42.5 Å². The number of thioether (sulfide) groups is 1. The summed E-state index contributed by atoms with van der Waals surface area (Å²) < 4.78 is 16.0. The zero-order valence-electron chi connectivity index (χ0n) is 17.0. The van der Waals surface area contributed by atoms with Gasteiger partial charge in [-0.2, -0.15) is 5.26 Å². The molecule has 0 atom stereocenters. The van der Waals surface area contributed by atoms with Gasteiger partial charge in [-0.3, -0.25) is 4.79 Å². The van der Waals surface area contributed by atoms with Gasteiger partial charge in [0.25, 0.3) is 0 Å². The van der Waals surface area contributed by atoms with Crippen molar-refractivity contribution < 1.29 is 9.18 Å². The summed E-state index contributed by atoms with van der Waals surface area (Å²) in [6.07, 6.45) is 0. The van der Waals surface area contributed by atoms with Crippen molar-refractivity contribution in [3.05, 3.63) is 93.1 Å². The first-order chi connectivity index (χ1) is 16.0. The van der Waals surface area contributed by atoms with Crippen molar-refractivity contribution in [3.63, 3.8) is 0 Å². The molecule has 2 N–H and O–H groups in total. The van der Waals surface area contributed by atoms with Gasteiger partial charge in [-0.1, -0.05) is 48.2 Å². The lowest BCUT2D eigenvalue weighted by molar-refractivity contribution is -0.113. The SMILES string of the molecule is N#C/C(=C(/Nc1ccccc1F)SCC(=O)Nc1ccccc1Br)c1nc2ccccc2s1. The summed E-state index contributed by atoms with van der Waals surface area (Å²) in [4.78, 5) is 17.2. The number of benzene rings is 3. The second-order valence-electron chi connectivity index (χ2n) is 6.72. The third kappa shape index (κ3) is 5.60. The number of rotatable bonds is 7. The normalized spacial score (nSPS) is 11.5. The van der Waals surface area contributed by atoms with Gasteiger partial charge >= 0.3 is 0 Å². The van der Waals surface area contributed by atoms with E-state index in [9.17, 15) is 14.4 Å². The number of nitrogens with one attached hydrogen (secondary N) is 2. The number of nitriles is 1. The predicted molar refractivity (Wildman–Crippen MR) is 137 cm³/mol. The second-order valence-corrected chi connectivity index (χ2v) is 9.59. The van der Waals surface area contributed by atoms with Gasteiger partial charge in [0.15, 0.2) is 0 Å². The highest BCUT2D eigenvalue weighted by molar-refractivity contribution is 9.10. The third-order valence-electron chi connectivity index (χ3n) is 4.46. The molecule has 1 heterocycles. The number of para-hydroxylation sites is 3. The number of allylic oxidation sites excluding steroid dienone is 1. The molecule has 0 unspecified atom stereocenters. The van der Waals surface area contributed by atoms with Crippen molar-refractivity contribution in [1.29, 1.82) is 5.26 Å². The van der Waals surface area contributed by atoms with E-state index < -0.39 is 5.82 Å². The fourth-order valence-corrected chi connectivity index (χ4v) is 5.15. The zero-order valence-corrected chi connectivity index (χ0v) is 20.2. The predicted octanol–water partition coefficient (Wildman–Crippen LogP) is 6.87. The van der Waals surface area contributed by atoms with Crippen LogP contribution in [0.25, 0.3) is 15.8 Å². The van der Waals surface area contributed by atoms with Crippen molar-refractivity contribution in [1.82, 2.24) is 4.98 Å². The van der Waals surface area contributed by atoms with Crippen LogP contribution in [0.2, 0.25) is 0 Å². The van der Waals surface area contributed by atoms with E-state index in [0.717, 1.165) is 26.5 Å². The molecule has 0 fully saturated rings. The number of anilines is 2. The number of carbonyl (C=O) groups excluding carboxylic acids is 1. The molecule has 9 heteroatoms. The number of amides is 1. The molecule has 0 saturated heterocycles. The minimum atomic E-state index is -0.463. The molecule has 33 heavy (non-hydrogen) atoms. The molecule has 0 saturated carbocycles. The van der Waals surface area contributed by atoms with Crippen LogP contribution >= 0.6 is 39.0 Å². The van der Waals surface area contributed by atoms with Crippen LogP contribution in [-0.4, -0.2) is 16.6 Å². The Morgan fingerprint density at radius 1 is 1.03 bits per heavy atom. The molecule has 4 rings (SSSR count). The molecule has 3 aromatic carbocycles. The molecule has 1 amide bonds. The van der Waals surface area contributed by atoms with Gasteiger partial charge in [-0.05, 0) is 52.3 Å². The Hall–Kier alpha value is -3.19. The van der Waals surface area contributed by atoms with E-state index in [2.05, 4.69) is 37.6 Å². The summed E-state index contributed by atoms with van der Waals surface area (Å²) in [7, 11) is 0. The van der Waals surface area contributed by atoms with Crippen LogP contribution in [0.4, 0.5) is 15.8 Å². The van der Waals surface area contributed by atoms with E-state index in [1.54, 1.807) is 24.3 Å². The molecule has 0 aliphatic carbocycles. The Morgan fingerprint density at radius 3 is 2.45 bits per heavy atom. The molecule has 0 aliphatic rings. The quantitative estimate of drug-likeness (QED) is 0.251. The van der Waals surface area contributed by atoms with Crippen molar-refractivity contribution in [2.75, 3.05) is 16.4 Å². The van der Waals surface area contributed by atoms with Gasteiger partial charge in [-0.15, -0.1) is 11.3 Å². The fourth-order valence-electron chi connectivity index (χ4n) is 2.92. The van der Waals surface area contributed by atoms with Crippen LogP contribution in [0.5, 0.6) is 0 Å². The fraction of sp³-hybridized carbons (Fsp3) is 0.0417. The molecule has 0 bridgehead atoms. The first kappa shape index (κ1) is 23.0. The highest BCUT2D eigenvalue weighted by Crippen LogP contribution is 2.33. The lowest BCUT2D eigenvalue weighted by Gasteiger charge is -2.13. The minimum absolute atomic E-state index is 0.00813. The number of hydrogen-bond acceptors (Lipinski definition) is 6. The average molecular weight is 539 g/mol. The number of carbonyl (C=O) groups is 1. The first-order valence-electron chi connectivity index (χ1n) is 9.74. The number of hydrogen-bond donors (Lipinski definition) is 2. The Kier molecular flexibility index (Phi) is 7.40. The van der Waals surface area contributed by atoms with Gasteiger partial charge in [0, 0.05) is 4.47 Å². The highest BCUT2D eigenvalue weighted by atomic mass is 79.9. The van der Waals surface area contributed by atoms with E-state index in [4.69, 9.17) is 0 Å². The van der Waals surface area contributed by atoms with Gasteiger partial charge in [0.05, 0.1) is 32.4 Å². The molecule has 0 aliphatic heterocycles. The highest BCUT2D eigenvalue weighted by Gasteiger charge is 2.18. The van der Waals surface area contributed by atoms with E-state index in [1.165, 1.54) is 17.4 Å². The summed E-state index contributed by atoms with van der Waals surface area (Å²) in [6, 6.07) is 23.2. The smallest absolute Gasteiger partial charge is 0.234 e. The first-order valence-corrected chi connectivity index (χ1v) is 12.3. The summed E-state index contributed by atoms with van der Waals surface area (Å²) in [5.74, 6) is -0.718. The van der Waals surface area contributed by atoms with E-state index in [-0.39, 0.29) is 22.9 Å². The standard InChI is InChI=1S/C24H16BrFN4OS2/c25-16-7-1-3-9-18(16)28-22(31)14-32-23(29-19-10-4-2-8-17(19)26)15(13-27)24-30-20-11-5-6-12-21(20)33-24/h1-12,29H,14H2,(H,28,31)/b23-15+. The van der Waals surface area contributed by atoms with Crippen molar-refractivity contribution in [3.8, 4) is 6.07 Å². The van der Waals surface area contributed by atoms with Gasteiger partial charge in [-0.25, -0.2) is 9.37 Å². The summed E-state index contributed by atoms with van der Waals surface area (Å²) in [5.41, 5.74) is 1.87. The molecular formula is C24H16BrFN4OS2. The minimum Gasteiger partial charge on any atom is -0.347 e. The molecule has 4 aromatic rings. The van der Waals surface area contributed by atoms with Gasteiger partial charge < -0.3 is 10.6 Å². The number of aromatic nitrogens is 1. The lowest BCUT2D eigenvalue weighted by Crippen LogP contribution is -2.15. The third-order valence-corrected chi connectivity index (χ3v) is 7.21. The van der Waals surface area contributed by atoms with Crippen LogP contribution in [-0.2, 0) is 4.79 Å². The summed E-state index contributed by atoms with van der Waals surface area (Å²) >= 11 is 5.88. The Labute approximate surface area is 206 Å². The van der Waals surface area contributed by atoms with Gasteiger partial charge in [0.1, 0.15) is 22.5 Å². The van der Waals surface area contributed by atoms with Crippen LogP contribution in [0.1, 0.15) is 5.01 Å². The molecule has 164 valence electrons. The maximum Gasteiger partial charge on any atom is 0.234 e. The average Bonchev–Trinajstić information content (AvgIpc) is 3.24. The number of thiazole rings is 1. The Morgan fingerprint density at radius 2 is 1.73 bits per heavy atom. The monoisotopic (exact) mass is 538 g/mol.